The van der Waals surface area contributed by atoms with Crippen LogP contribution in [0.15, 0.2) is 12.1 Å². The van der Waals surface area contributed by atoms with Crippen LogP contribution in [0.2, 0.25) is 12.1 Å². The molecule has 0 unspecified atom stereocenters. The first-order valence-corrected chi connectivity index (χ1v) is 13.2. The van der Waals surface area contributed by atoms with E-state index in [1.165, 1.54) is 25.7 Å². The molecule has 3 rings (SSSR count). The molecular formula is C22H29F5O3Si. The van der Waals surface area contributed by atoms with E-state index in [2.05, 4.69) is 18.2 Å². The van der Waals surface area contributed by atoms with E-state index in [-0.39, 0.29) is 15.4 Å². The molecule has 0 atom stereocenters. The van der Waals surface area contributed by atoms with Crippen molar-refractivity contribution in [3.8, 4) is 11.5 Å². The van der Waals surface area contributed by atoms with E-state index in [9.17, 15) is 26.7 Å². The third-order valence-electron chi connectivity index (χ3n) is 7.28. The zero-order valence-electron chi connectivity index (χ0n) is 17.9. The van der Waals surface area contributed by atoms with Crippen LogP contribution in [0.25, 0.3) is 0 Å². The van der Waals surface area contributed by atoms with Gasteiger partial charge in [-0.1, -0.05) is 31.9 Å². The molecule has 0 bridgehead atoms. The molecular weight excluding hydrogens is 435 g/mol. The largest absolute Gasteiger partial charge is 0.573 e. The second-order valence-corrected chi connectivity index (χ2v) is 11.2. The predicted octanol–water partition coefficient (Wildman–Crippen LogP) is 6.16. The Morgan fingerprint density at radius 2 is 1.58 bits per heavy atom. The van der Waals surface area contributed by atoms with Crippen LogP contribution in [-0.2, 0) is 4.79 Å². The van der Waals surface area contributed by atoms with E-state index in [0.29, 0.717) is 36.3 Å². The van der Waals surface area contributed by atoms with Gasteiger partial charge in [-0.3, -0.25) is 4.79 Å². The van der Waals surface area contributed by atoms with E-state index in [4.69, 9.17) is 4.74 Å². The van der Waals surface area contributed by atoms with Gasteiger partial charge in [0.05, 0.1) is 5.92 Å². The highest BCUT2D eigenvalue weighted by atomic mass is 28.2. The molecule has 2 aliphatic carbocycles. The van der Waals surface area contributed by atoms with E-state index in [1.807, 2.05) is 0 Å². The molecule has 0 aromatic heterocycles. The zero-order valence-corrected chi connectivity index (χ0v) is 19.3. The second kappa shape index (κ2) is 9.46. The molecule has 0 N–H and O–H groups in total. The van der Waals surface area contributed by atoms with Crippen molar-refractivity contribution in [3.05, 3.63) is 23.8 Å². The topological polar surface area (TPSA) is 35.5 Å². The van der Waals surface area contributed by atoms with E-state index < -0.39 is 35.5 Å². The average molecular weight is 465 g/mol. The maximum absolute atomic E-state index is 13.8. The monoisotopic (exact) mass is 464 g/mol. The number of ether oxygens (including phenoxy) is 2. The van der Waals surface area contributed by atoms with Gasteiger partial charge in [0.1, 0.15) is 5.75 Å². The first kappa shape index (κ1) is 24.0. The van der Waals surface area contributed by atoms with Gasteiger partial charge >= 0.3 is 12.3 Å². The van der Waals surface area contributed by atoms with Crippen LogP contribution in [0, 0.1) is 28.9 Å². The highest BCUT2D eigenvalue weighted by Gasteiger charge is 2.40. The van der Waals surface area contributed by atoms with Crippen molar-refractivity contribution in [3.63, 3.8) is 0 Å². The summed E-state index contributed by atoms with van der Waals surface area (Å²) in [6, 6.07) is 1.06. The summed E-state index contributed by atoms with van der Waals surface area (Å²) >= 11 is 0. The number of hydrogen-bond acceptors (Lipinski definition) is 3. The lowest BCUT2D eigenvalue weighted by Crippen LogP contribution is -2.36. The lowest BCUT2D eigenvalue weighted by Gasteiger charge is -2.45. The number of esters is 1. The minimum atomic E-state index is -5.23. The summed E-state index contributed by atoms with van der Waals surface area (Å²) < 4.78 is 72.8. The highest BCUT2D eigenvalue weighted by molar-refractivity contribution is 6.35. The Morgan fingerprint density at radius 3 is 2.06 bits per heavy atom. The van der Waals surface area contributed by atoms with Crippen molar-refractivity contribution in [1.82, 2.24) is 0 Å². The molecule has 0 heterocycles. The van der Waals surface area contributed by atoms with Crippen molar-refractivity contribution >= 4 is 15.5 Å². The Hall–Kier alpha value is -1.64. The molecule has 0 aliphatic heterocycles. The standard InChI is InChI=1S/C22H29F5O3Si/c1-21(9-7-16(31-2)8-10-21)14-5-3-13(4-6-14)20(28)29-15-11-17(23)19(18(24)12-15)30-22(25,26)27/h11-14,16H,3-10,31H2,1-2H3/t13-,14-,16-,21-. The lowest BCUT2D eigenvalue weighted by molar-refractivity contribution is -0.276. The number of carbonyl (C=O) groups excluding carboxylic acids is 1. The van der Waals surface area contributed by atoms with E-state index in [0.717, 1.165) is 18.4 Å². The van der Waals surface area contributed by atoms with Crippen molar-refractivity contribution in [2.45, 2.75) is 76.7 Å². The Morgan fingerprint density at radius 1 is 1.03 bits per heavy atom. The molecule has 2 saturated carbocycles. The Balaban J connectivity index is 1.56. The quantitative estimate of drug-likeness (QED) is 0.227. The lowest BCUT2D eigenvalue weighted by atomic mass is 9.62. The van der Waals surface area contributed by atoms with Crippen LogP contribution in [0.4, 0.5) is 22.0 Å². The highest BCUT2D eigenvalue weighted by Crippen LogP contribution is 2.51. The minimum Gasteiger partial charge on any atom is -0.426 e. The van der Waals surface area contributed by atoms with Gasteiger partial charge in [0.2, 0.25) is 5.75 Å². The maximum Gasteiger partial charge on any atom is 0.573 e. The summed E-state index contributed by atoms with van der Waals surface area (Å²) in [5, 5.41) is 0. The fraction of sp³-hybridized carbons (Fsp3) is 0.682. The molecule has 174 valence electrons. The number of benzene rings is 1. The molecule has 1 aromatic carbocycles. The fourth-order valence-electron chi connectivity index (χ4n) is 5.19. The van der Waals surface area contributed by atoms with E-state index in [1.54, 1.807) is 0 Å². The number of alkyl halides is 3. The van der Waals surface area contributed by atoms with Gasteiger partial charge < -0.3 is 9.47 Å². The normalized spacial score (nSPS) is 29.8. The van der Waals surface area contributed by atoms with Gasteiger partial charge in [-0.05, 0) is 49.9 Å². The summed E-state index contributed by atoms with van der Waals surface area (Å²) in [6.45, 7) is 4.73. The fourth-order valence-corrected chi connectivity index (χ4v) is 6.41. The van der Waals surface area contributed by atoms with Gasteiger partial charge in [-0.15, -0.1) is 13.2 Å². The third-order valence-corrected chi connectivity index (χ3v) is 9.25. The van der Waals surface area contributed by atoms with Crippen LogP contribution in [-0.4, -0.2) is 21.9 Å². The van der Waals surface area contributed by atoms with Crippen molar-refractivity contribution in [1.29, 1.82) is 0 Å². The summed E-state index contributed by atoms with van der Waals surface area (Å²) in [5.41, 5.74) is 1.27. The van der Waals surface area contributed by atoms with Crippen LogP contribution in [0.5, 0.6) is 11.5 Å². The second-order valence-electron chi connectivity index (χ2n) is 9.24. The Kier molecular flexibility index (Phi) is 7.33. The summed E-state index contributed by atoms with van der Waals surface area (Å²) in [6.07, 6.45) is 2.98. The molecule has 9 heteroatoms. The van der Waals surface area contributed by atoms with Gasteiger partial charge in [-0.25, -0.2) is 8.78 Å². The average Bonchev–Trinajstić information content (AvgIpc) is 2.71. The van der Waals surface area contributed by atoms with Crippen molar-refractivity contribution in [2.75, 3.05) is 0 Å². The van der Waals surface area contributed by atoms with Gasteiger partial charge in [0.15, 0.2) is 11.6 Å². The Labute approximate surface area is 181 Å². The number of carbonyl (C=O) groups is 1. The third kappa shape index (κ3) is 5.99. The number of rotatable bonds is 5. The maximum atomic E-state index is 13.8. The molecule has 2 aliphatic rings. The number of halogens is 5. The Bertz CT molecular complexity index is 759. The molecule has 31 heavy (non-hydrogen) atoms. The van der Waals surface area contributed by atoms with Crippen molar-refractivity contribution in [2.24, 2.45) is 17.3 Å². The van der Waals surface area contributed by atoms with Crippen LogP contribution in [0.1, 0.15) is 58.3 Å². The summed E-state index contributed by atoms with van der Waals surface area (Å²) in [5.74, 6) is -5.62. The van der Waals surface area contributed by atoms with Crippen molar-refractivity contribution < 1.29 is 36.2 Å². The SMILES string of the molecule is C[SiH2][C@H]1CC[C@](C)([C@H]2CC[C@H](C(=O)Oc3cc(F)c(OC(F)(F)F)c(F)c3)CC2)CC1. The summed E-state index contributed by atoms with van der Waals surface area (Å²) in [4.78, 5) is 12.5. The zero-order chi connectivity index (χ0) is 22.8. The summed E-state index contributed by atoms with van der Waals surface area (Å²) in [7, 11) is 0.0477. The molecule has 1 aromatic rings. The molecule has 2 fully saturated rings. The first-order valence-electron chi connectivity index (χ1n) is 11.0. The molecule has 3 nitrogen and oxygen atoms in total. The molecule has 0 spiro atoms. The minimum absolute atomic E-state index is 0.0477. The van der Waals surface area contributed by atoms with Gasteiger partial charge in [0, 0.05) is 21.7 Å². The molecule has 0 amide bonds. The number of hydrogen-bond donors (Lipinski definition) is 0. The van der Waals surface area contributed by atoms with Crippen LogP contribution < -0.4 is 9.47 Å². The van der Waals surface area contributed by atoms with Gasteiger partial charge in [0.25, 0.3) is 0 Å². The smallest absolute Gasteiger partial charge is 0.426 e. The molecule has 0 saturated heterocycles. The van der Waals surface area contributed by atoms with Crippen LogP contribution >= 0.6 is 0 Å². The first-order chi connectivity index (χ1) is 14.5. The van der Waals surface area contributed by atoms with Crippen LogP contribution in [0.3, 0.4) is 0 Å². The predicted molar refractivity (Wildman–Crippen MR) is 109 cm³/mol. The van der Waals surface area contributed by atoms with E-state index >= 15 is 0 Å². The van der Waals surface area contributed by atoms with Gasteiger partial charge in [-0.2, -0.15) is 0 Å². The molecule has 0 radical (unpaired) electrons.